The normalized spacial score (nSPS) is 32.8. The Morgan fingerprint density at radius 3 is 3.05 bits per heavy atom. The number of rotatable bonds is 7. The third-order valence-corrected chi connectivity index (χ3v) is 6.55. The van der Waals surface area contributed by atoms with Gasteiger partial charge >= 0.3 is 0 Å². The molecule has 1 spiro atoms. The van der Waals surface area contributed by atoms with Gasteiger partial charge in [0, 0.05) is 24.2 Å². The van der Waals surface area contributed by atoms with Crippen LogP contribution in [0, 0.1) is 5.92 Å². The largest absolute Gasteiger partial charge is 0.374 e. The average molecular weight is 304 g/mol. The molecule has 0 saturated carbocycles. The summed E-state index contributed by atoms with van der Waals surface area (Å²) in [4.78, 5) is 0. The molecule has 2 saturated heterocycles. The van der Waals surface area contributed by atoms with Crippen molar-refractivity contribution < 1.29 is 4.74 Å². The fourth-order valence-electron chi connectivity index (χ4n) is 3.21. The highest BCUT2D eigenvalue weighted by atomic mass is 32.2. The molecule has 0 aromatic rings. The second-order valence-electron chi connectivity index (χ2n) is 5.81. The van der Waals surface area contributed by atoms with Crippen molar-refractivity contribution >= 4 is 23.5 Å². The quantitative estimate of drug-likeness (QED) is 0.778. The minimum absolute atomic E-state index is 0.233. The summed E-state index contributed by atoms with van der Waals surface area (Å²) in [5, 5.41) is 3.80. The number of thioether (sulfide) groups is 2. The van der Waals surface area contributed by atoms with E-state index in [1.54, 1.807) is 0 Å². The zero-order valence-corrected chi connectivity index (χ0v) is 14.1. The van der Waals surface area contributed by atoms with E-state index in [1.807, 2.05) is 0 Å². The van der Waals surface area contributed by atoms with E-state index in [0.717, 1.165) is 19.1 Å². The summed E-state index contributed by atoms with van der Waals surface area (Å²) in [6.07, 6.45) is 5.04. The second kappa shape index (κ2) is 8.16. The average Bonchev–Trinajstić information content (AvgIpc) is 2.87. The molecule has 2 aliphatic rings. The van der Waals surface area contributed by atoms with Crippen molar-refractivity contribution in [3.05, 3.63) is 0 Å². The lowest BCUT2D eigenvalue weighted by Crippen LogP contribution is -2.48. The fourth-order valence-corrected chi connectivity index (χ4v) is 5.47. The highest BCUT2D eigenvalue weighted by Gasteiger charge is 2.42. The summed E-state index contributed by atoms with van der Waals surface area (Å²) < 4.78 is 6.16. The van der Waals surface area contributed by atoms with Crippen molar-refractivity contribution in [2.75, 3.05) is 36.2 Å². The smallest absolute Gasteiger partial charge is 0.0783 e. The van der Waals surface area contributed by atoms with Crippen LogP contribution in [0.5, 0.6) is 0 Å². The molecule has 0 aromatic heterocycles. The van der Waals surface area contributed by atoms with Crippen LogP contribution >= 0.6 is 23.5 Å². The van der Waals surface area contributed by atoms with Gasteiger partial charge in [-0.05, 0) is 49.7 Å². The molecule has 112 valence electrons. The summed E-state index contributed by atoms with van der Waals surface area (Å²) in [5.41, 5.74) is 0.233. The predicted molar refractivity (Wildman–Crippen MR) is 88.4 cm³/mol. The third-order valence-electron chi connectivity index (χ3n) is 4.33. The Balaban J connectivity index is 1.90. The van der Waals surface area contributed by atoms with E-state index in [-0.39, 0.29) is 5.60 Å². The van der Waals surface area contributed by atoms with Crippen molar-refractivity contribution in [2.45, 2.75) is 51.2 Å². The van der Waals surface area contributed by atoms with Crippen LogP contribution in [0.25, 0.3) is 0 Å². The monoisotopic (exact) mass is 303 g/mol. The van der Waals surface area contributed by atoms with Gasteiger partial charge in [0.1, 0.15) is 0 Å². The van der Waals surface area contributed by atoms with Gasteiger partial charge in [-0.1, -0.05) is 13.8 Å². The summed E-state index contributed by atoms with van der Waals surface area (Å²) in [5.74, 6) is 5.84. The number of nitrogens with one attached hydrogen (secondary N) is 1. The maximum absolute atomic E-state index is 6.16. The molecule has 0 radical (unpaired) electrons. The first kappa shape index (κ1) is 16.0. The summed E-state index contributed by atoms with van der Waals surface area (Å²) >= 11 is 4.16. The molecule has 4 heteroatoms. The molecular weight excluding hydrogens is 274 g/mol. The molecule has 2 aliphatic heterocycles. The van der Waals surface area contributed by atoms with Crippen molar-refractivity contribution in [1.82, 2.24) is 5.32 Å². The number of ether oxygens (including phenoxy) is 1. The number of hydrogen-bond acceptors (Lipinski definition) is 4. The molecular formula is C15H29NOS2. The maximum Gasteiger partial charge on any atom is 0.0783 e. The van der Waals surface area contributed by atoms with Gasteiger partial charge in [0.25, 0.3) is 0 Å². The fraction of sp³-hybridized carbons (Fsp3) is 1.00. The molecule has 2 rings (SSSR count). The lowest BCUT2D eigenvalue weighted by Gasteiger charge is -2.41. The van der Waals surface area contributed by atoms with Crippen LogP contribution in [-0.4, -0.2) is 47.8 Å². The third kappa shape index (κ3) is 4.55. The Labute approximate surface area is 127 Å². The van der Waals surface area contributed by atoms with E-state index in [9.17, 15) is 0 Å². The molecule has 0 aromatic carbocycles. The zero-order valence-electron chi connectivity index (χ0n) is 12.5. The Morgan fingerprint density at radius 2 is 2.37 bits per heavy atom. The van der Waals surface area contributed by atoms with E-state index in [0.29, 0.717) is 6.04 Å². The van der Waals surface area contributed by atoms with Crippen LogP contribution in [0.2, 0.25) is 0 Å². The second-order valence-corrected chi connectivity index (χ2v) is 8.23. The minimum atomic E-state index is 0.233. The Morgan fingerprint density at radius 1 is 1.47 bits per heavy atom. The molecule has 2 fully saturated rings. The van der Waals surface area contributed by atoms with Crippen LogP contribution in [-0.2, 0) is 4.74 Å². The lowest BCUT2D eigenvalue weighted by atomic mass is 9.81. The van der Waals surface area contributed by atoms with Crippen molar-refractivity contribution in [2.24, 2.45) is 5.92 Å². The van der Waals surface area contributed by atoms with Crippen LogP contribution in [0.1, 0.15) is 39.5 Å². The molecule has 0 amide bonds. The molecule has 3 atom stereocenters. The molecule has 3 unspecified atom stereocenters. The maximum atomic E-state index is 6.16. The molecule has 2 nitrogen and oxygen atoms in total. The summed E-state index contributed by atoms with van der Waals surface area (Å²) in [7, 11) is 0. The zero-order chi connectivity index (χ0) is 13.6. The molecule has 2 heterocycles. The van der Waals surface area contributed by atoms with Crippen LogP contribution in [0.4, 0.5) is 0 Å². The minimum Gasteiger partial charge on any atom is -0.374 e. The van der Waals surface area contributed by atoms with E-state index < -0.39 is 0 Å². The molecule has 0 aliphatic carbocycles. The van der Waals surface area contributed by atoms with Crippen molar-refractivity contribution in [3.63, 3.8) is 0 Å². The highest BCUT2D eigenvalue weighted by molar-refractivity contribution is 7.99. The van der Waals surface area contributed by atoms with Gasteiger partial charge in [0.05, 0.1) is 5.60 Å². The molecule has 19 heavy (non-hydrogen) atoms. The van der Waals surface area contributed by atoms with Gasteiger partial charge in [-0.15, -0.1) is 0 Å². The van der Waals surface area contributed by atoms with Gasteiger partial charge in [-0.25, -0.2) is 0 Å². The summed E-state index contributed by atoms with van der Waals surface area (Å²) in [6, 6.07) is 0.691. The van der Waals surface area contributed by atoms with Gasteiger partial charge in [0.2, 0.25) is 0 Å². The Hall–Kier alpha value is 0.620. The highest BCUT2D eigenvalue weighted by Crippen LogP contribution is 2.41. The topological polar surface area (TPSA) is 21.3 Å². The van der Waals surface area contributed by atoms with Crippen molar-refractivity contribution in [1.29, 1.82) is 0 Å². The van der Waals surface area contributed by atoms with Gasteiger partial charge in [-0.2, -0.15) is 23.5 Å². The van der Waals surface area contributed by atoms with Gasteiger partial charge < -0.3 is 10.1 Å². The van der Waals surface area contributed by atoms with Crippen LogP contribution in [0.3, 0.4) is 0 Å². The van der Waals surface area contributed by atoms with E-state index >= 15 is 0 Å². The Bertz CT molecular complexity index is 249. The molecule has 0 bridgehead atoms. The van der Waals surface area contributed by atoms with Crippen molar-refractivity contribution in [3.8, 4) is 0 Å². The first-order chi connectivity index (χ1) is 9.29. The van der Waals surface area contributed by atoms with Crippen LogP contribution < -0.4 is 5.32 Å². The van der Waals surface area contributed by atoms with E-state index in [4.69, 9.17) is 4.74 Å². The first-order valence-electron chi connectivity index (χ1n) is 7.82. The Kier molecular flexibility index (Phi) is 6.87. The van der Waals surface area contributed by atoms with Gasteiger partial charge in [0.15, 0.2) is 0 Å². The number of hydrogen-bond donors (Lipinski definition) is 1. The SMILES string of the molecule is CCCNC(CSCC)C1CCOC2(CCSC2)C1. The summed E-state index contributed by atoms with van der Waals surface area (Å²) in [6.45, 7) is 6.66. The van der Waals surface area contributed by atoms with Gasteiger partial charge in [-0.3, -0.25) is 0 Å². The lowest BCUT2D eigenvalue weighted by molar-refractivity contribution is -0.0838. The van der Waals surface area contributed by atoms with E-state index in [2.05, 4.69) is 42.7 Å². The predicted octanol–water partition coefficient (Wildman–Crippen LogP) is 3.41. The standard InChI is InChI=1S/C15H29NOS2/c1-3-7-16-14(11-18-4-2)13-5-8-17-15(10-13)6-9-19-12-15/h13-14,16H,3-12H2,1-2H3. The molecule has 1 N–H and O–H groups in total. The first-order valence-corrected chi connectivity index (χ1v) is 10.1. The van der Waals surface area contributed by atoms with Crippen LogP contribution in [0.15, 0.2) is 0 Å². The van der Waals surface area contributed by atoms with E-state index in [1.165, 1.54) is 48.7 Å².